The number of rotatable bonds is 10. The molecule has 1 aromatic heterocycles. The van der Waals surface area contributed by atoms with Crippen molar-refractivity contribution >= 4 is 45.0 Å². The Bertz CT molecular complexity index is 1060. The number of thiazole rings is 1. The largest absolute Gasteiger partial charge is 0.497 e. The number of morpholine rings is 1. The molecule has 0 aliphatic carbocycles. The summed E-state index contributed by atoms with van der Waals surface area (Å²) in [6.07, 6.45) is 0.841. The highest BCUT2D eigenvalue weighted by Gasteiger charge is 2.21. The van der Waals surface area contributed by atoms with Crippen LogP contribution in [0.1, 0.15) is 6.42 Å². The summed E-state index contributed by atoms with van der Waals surface area (Å²) in [5.74, 6) is 1.97. The first-order valence-corrected chi connectivity index (χ1v) is 11.8. The molecule has 3 aromatic rings. The van der Waals surface area contributed by atoms with Crippen LogP contribution in [0, 0.1) is 0 Å². The van der Waals surface area contributed by atoms with Crippen LogP contribution in [0.4, 0.5) is 5.13 Å². The number of ether oxygens (including phenoxy) is 4. The van der Waals surface area contributed by atoms with E-state index in [1.807, 2.05) is 18.2 Å². The van der Waals surface area contributed by atoms with Crippen LogP contribution in [0.25, 0.3) is 10.2 Å². The van der Waals surface area contributed by atoms with Gasteiger partial charge in [-0.25, -0.2) is 4.98 Å². The van der Waals surface area contributed by atoms with E-state index in [2.05, 4.69) is 4.90 Å². The fraction of sp³-hybridized carbons (Fsp3) is 0.417. The van der Waals surface area contributed by atoms with Crippen LogP contribution < -0.4 is 19.1 Å². The first-order valence-electron chi connectivity index (χ1n) is 11.0. The molecule has 1 fully saturated rings. The van der Waals surface area contributed by atoms with Gasteiger partial charge in [0.25, 0.3) is 5.91 Å². The zero-order chi connectivity index (χ0) is 23.0. The molecular weight excluding hydrogens is 478 g/mol. The van der Waals surface area contributed by atoms with E-state index >= 15 is 0 Å². The van der Waals surface area contributed by atoms with Crippen molar-refractivity contribution in [1.82, 2.24) is 9.88 Å². The number of hydrogen-bond acceptors (Lipinski definition) is 8. The Hall–Kier alpha value is -2.59. The third kappa shape index (κ3) is 6.73. The Morgan fingerprint density at radius 2 is 1.74 bits per heavy atom. The zero-order valence-electron chi connectivity index (χ0n) is 19.4. The average molecular weight is 508 g/mol. The molecule has 0 N–H and O–H groups in total. The smallest absolute Gasteiger partial charge is 0.266 e. The van der Waals surface area contributed by atoms with Crippen LogP contribution in [-0.4, -0.2) is 76.0 Å². The lowest BCUT2D eigenvalue weighted by molar-refractivity contribution is -0.120. The van der Waals surface area contributed by atoms with E-state index < -0.39 is 0 Å². The van der Waals surface area contributed by atoms with Gasteiger partial charge in [0.1, 0.15) is 17.2 Å². The van der Waals surface area contributed by atoms with Gasteiger partial charge in [-0.1, -0.05) is 11.3 Å². The normalized spacial score (nSPS) is 13.8. The quantitative estimate of drug-likeness (QED) is 0.412. The molecule has 0 spiro atoms. The van der Waals surface area contributed by atoms with Crippen LogP contribution in [-0.2, 0) is 9.53 Å². The summed E-state index contributed by atoms with van der Waals surface area (Å²) in [6.45, 7) is 4.79. The fourth-order valence-electron chi connectivity index (χ4n) is 3.64. The second-order valence-corrected chi connectivity index (χ2v) is 8.66. The fourth-order valence-corrected chi connectivity index (χ4v) is 4.63. The van der Waals surface area contributed by atoms with E-state index in [4.69, 9.17) is 23.9 Å². The summed E-state index contributed by atoms with van der Waals surface area (Å²) < 4.78 is 22.7. The van der Waals surface area contributed by atoms with Crippen LogP contribution in [0.3, 0.4) is 0 Å². The summed E-state index contributed by atoms with van der Waals surface area (Å²) in [4.78, 5) is 22.0. The van der Waals surface area contributed by atoms with Gasteiger partial charge in [0.05, 0.1) is 37.6 Å². The third-order valence-corrected chi connectivity index (χ3v) is 6.56. The Morgan fingerprint density at radius 1 is 1.06 bits per heavy atom. The number of amides is 1. The molecule has 0 bridgehead atoms. The summed E-state index contributed by atoms with van der Waals surface area (Å²) in [6, 6.07) is 13.0. The number of aromatic nitrogens is 1. The van der Waals surface area contributed by atoms with Gasteiger partial charge in [-0.3, -0.25) is 14.6 Å². The highest BCUT2D eigenvalue weighted by Crippen LogP contribution is 2.31. The molecule has 184 valence electrons. The minimum Gasteiger partial charge on any atom is -0.497 e. The van der Waals surface area contributed by atoms with Gasteiger partial charge in [0.2, 0.25) is 0 Å². The maximum Gasteiger partial charge on any atom is 0.266 e. The Kier molecular flexibility index (Phi) is 9.76. The molecule has 0 atom stereocenters. The number of fused-ring (bicyclic) bond motifs is 1. The molecule has 8 nitrogen and oxygen atoms in total. The molecule has 1 amide bonds. The van der Waals surface area contributed by atoms with Crippen molar-refractivity contribution in [3.8, 4) is 17.2 Å². The van der Waals surface area contributed by atoms with E-state index in [0.29, 0.717) is 17.4 Å². The van der Waals surface area contributed by atoms with Crippen LogP contribution in [0.15, 0.2) is 42.5 Å². The molecule has 1 saturated heterocycles. The van der Waals surface area contributed by atoms with Crippen molar-refractivity contribution < 1.29 is 23.7 Å². The molecule has 0 radical (unpaired) electrons. The minimum absolute atomic E-state index is 0. The monoisotopic (exact) mass is 507 g/mol. The van der Waals surface area contributed by atoms with Gasteiger partial charge in [-0.15, -0.1) is 12.4 Å². The maximum absolute atomic E-state index is 13.2. The average Bonchev–Trinajstić information content (AvgIpc) is 3.29. The van der Waals surface area contributed by atoms with E-state index in [9.17, 15) is 4.79 Å². The first kappa shape index (κ1) is 26.0. The molecule has 2 heterocycles. The van der Waals surface area contributed by atoms with Gasteiger partial charge < -0.3 is 18.9 Å². The van der Waals surface area contributed by atoms with Gasteiger partial charge in [-0.05, 0) is 42.8 Å². The van der Waals surface area contributed by atoms with Crippen LogP contribution >= 0.6 is 23.7 Å². The van der Waals surface area contributed by atoms with Gasteiger partial charge in [-0.2, -0.15) is 0 Å². The van der Waals surface area contributed by atoms with Crippen molar-refractivity contribution in [1.29, 1.82) is 0 Å². The number of nitrogens with zero attached hydrogens (tertiary/aromatic N) is 3. The van der Waals surface area contributed by atoms with Crippen LogP contribution in [0.5, 0.6) is 17.2 Å². The standard InChI is InChI=1S/C24H29N3O5S.ClH/c1-29-18-4-6-19(7-5-18)32-17-23(28)27(11-3-10-26-12-14-31-15-13-26)24-25-21-16-20(30-2)8-9-22(21)33-24;/h4-9,16H,3,10-15,17H2,1-2H3;1H. The number of carbonyl (C=O) groups excluding carboxylic acids is 1. The van der Waals surface area contributed by atoms with E-state index in [1.165, 1.54) is 11.3 Å². The minimum atomic E-state index is -0.126. The van der Waals surface area contributed by atoms with Crippen molar-refractivity contribution in [2.45, 2.75) is 6.42 Å². The van der Waals surface area contributed by atoms with E-state index in [1.54, 1.807) is 43.4 Å². The molecule has 4 rings (SSSR count). The number of anilines is 1. The molecule has 1 aliphatic rings. The maximum atomic E-state index is 13.2. The van der Waals surface area contributed by atoms with E-state index in [-0.39, 0.29) is 24.9 Å². The highest BCUT2D eigenvalue weighted by molar-refractivity contribution is 7.22. The Morgan fingerprint density at radius 3 is 2.44 bits per heavy atom. The van der Waals surface area contributed by atoms with Crippen molar-refractivity contribution in [3.05, 3.63) is 42.5 Å². The molecule has 2 aromatic carbocycles. The number of halogens is 1. The summed E-state index contributed by atoms with van der Waals surface area (Å²) in [7, 11) is 3.24. The molecule has 0 saturated carbocycles. The predicted molar refractivity (Wildman–Crippen MR) is 136 cm³/mol. The van der Waals surface area contributed by atoms with Crippen LogP contribution in [0.2, 0.25) is 0 Å². The topological polar surface area (TPSA) is 73.4 Å². The Balaban J connectivity index is 0.00000324. The number of methoxy groups -OCH3 is 2. The molecule has 0 unspecified atom stereocenters. The second-order valence-electron chi connectivity index (χ2n) is 7.65. The number of hydrogen-bond donors (Lipinski definition) is 0. The lowest BCUT2D eigenvalue weighted by Crippen LogP contribution is -2.40. The number of benzene rings is 2. The van der Waals surface area contributed by atoms with Gasteiger partial charge in [0, 0.05) is 32.2 Å². The predicted octanol–water partition coefficient (Wildman–Crippen LogP) is 3.87. The molecule has 34 heavy (non-hydrogen) atoms. The number of carbonyl (C=O) groups is 1. The van der Waals surface area contributed by atoms with Crippen molar-refractivity contribution in [3.63, 3.8) is 0 Å². The lowest BCUT2D eigenvalue weighted by atomic mass is 10.3. The van der Waals surface area contributed by atoms with Gasteiger partial charge in [0.15, 0.2) is 11.7 Å². The van der Waals surface area contributed by atoms with Crippen molar-refractivity contribution in [2.75, 3.05) is 65.1 Å². The molecular formula is C24H30ClN3O5S. The molecule has 10 heteroatoms. The second kappa shape index (κ2) is 12.8. The van der Waals surface area contributed by atoms with Gasteiger partial charge >= 0.3 is 0 Å². The van der Waals surface area contributed by atoms with Crippen molar-refractivity contribution in [2.24, 2.45) is 0 Å². The third-order valence-electron chi connectivity index (χ3n) is 5.50. The zero-order valence-corrected chi connectivity index (χ0v) is 21.0. The Labute approximate surface area is 209 Å². The molecule has 1 aliphatic heterocycles. The highest BCUT2D eigenvalue weighted by atomic mass is 35.5. The summed E-state index contributed by atoms with van der Waals surface area (Å²) in [5, 5.41) is 0.670. The lowest BCUT2D eigenvalue weighted by Gasteiger charge is -2.27. The first-order chi connectivity index (χ1) is 16.2. The summed E-state index contributed by atoms with van der Waals surface area (Å²) in [5.41, 5.74) is 0.816. The SMILES string of the molecule is COc1ccc(OCC(=O)N(CCCN2CCOCC2)c2nc3cc(OC)ccc3s2)cc1.Cl. The van der Waals surface area contributed by atoms with E-state index in [0.717, 1.165) is 61.0 Å². The summed E-state index contributed by atoms with van der Waals surface area (Å²) >= 11 is 1.50.